The maximum atomic E-state index is 6.03. The summed E-state index contributed by atoms with van der Waals surface area (Å²) in [5, 5.41) is 7.65. The SMILES string of the molecule is CCNC(=NCC(C)Oc1cccc(Cl)c1)NC1CCN(CC2CCOC2)CC1.I. The highest BCUT2D eigenvalue weighted by Gasteiger charge is 2.24. The zero-order valence-electron chi connectivity index (χ0n) is 18.1. The van der Waals surface area contributed by atoms with E-state index in [0.717, 1.165) is 63.3 Å². The Bertz CT molecular complexity index is 650. The third kappa shape index (κ3) is 8.77. The molecule has 2 atom stereocenters. The zero-order valence-corrected chi connectivity index (χ0v) is 21.2. The van der Waals surface area contributed by atoms with Crippen molar-refractivity contribution in [1.29, 1.82) is 0 Å². The summed E-state index contributed by atoms with van der Waals surface area (Å²) < 4.78 is 11.4. The number of benzene rings is 1. The molecule has 0 amide bonds. The molecule has 30 heavy (non-hydrogen) atoms. The number of likely N-dealkylation sites (tertiary alicyclic amines) is 1. The normalized spacial score (nSPS) is 21.7. The number of hydrogen-bond acceptors (Lipinski definition) is 4. The van der Waals surface area contributed by atoms with Gasteiger partial charge in [0, 0.05) is 43.9 Å². The number of rotatable bonds is 8. The van der Waals surface area contributed by atoms with Gasteiger partial charge in [-0.3, -0.25) is 0 Å². The van der Waals surface area contributed by atoms with Gasteiger partial charge in [-0.25, -0.2) is 4.99 Å². The van der Waals surface area contributed by atoms with Gasteiger partial charge >= 0.3 is 0 Å². The van der Waals surface area contributed by atoms with Gasteiger partial charge in [0.1, 0.15) is 11.9 Å². The molecule has 0 saturated carbocycles. The van der Waals surface area contributed by atoms with Crippen LogP contribution in [0, 0.1) is 5.92 Å². The van der Waals surface area contributed by atoms with Crippen molar-refractivity contribution in [2.24, 2.45) is 10.9 Å². The number of hydrogen-bond donors (Lipinski definition) is 2. The summed E-state index contributed by atoms with van der Waals surface area (Å²) in [6.07, 6.45) is 3.48. The Morgan fingerprint density at radius 2 is 2.13 bits per heavy atom. The topological polar surface area (TPSA) is 58.1 Å². The molecule has 2 N–H and O–H groups in total. The Hall–Kier alpha value is -0.770. The molecular formula is C22H36ClIN4O2. The predicted molar refractivity (Wildman–Crippen MR) is 134 cm³/mol. The van der Waals surface area contributed by atoms with Crippen molar-refractivity contribution in [3.63, 3.8) is 0 Å². The molecule has 8 heteroatoms. The highest BCUT2D eigenvalue weighted by atomic mass is 127. The molecule has 2 aliphatic rings. The number of piperidine rings is 1. The highest BCUT2D eigenvalue weighted by Crippen LogP contribution is 2.19. The Morgan fingerprint density at radius 1 is 1.33 bits per heavy atom. The molecule has 2 aliphatic heterocycles. The third-order valence-corrected chi connectivity index (χ3v) is 5.69. The Balaban J connectivity index is 0.00000320. The third-order valence-electron chi connectivity index (χ3n) is 5.45. The molecule has 1 aromatic carbocycles. The van der Waals surface area contributed by atoms with Gasteiger partial charge in [0.15, 0.2) is 5.96 Å². The van der Waals surface area contributed by atoms with Crippen LogP contribution in [0.5, 0.6) is 5.75 Å². The lowest BCUT2D eigenvalue weighted by atomic mass is 10.0. The van der Waals surface area contributed by atoms with E-state index in [1.165, 1.54) is 13.0 Å². The molecule has 3 rings (SSSR count). The fourth-order valence-electron chi connectivity index (χ4n) is 3.90. The minimum atomic E-state index is -0.0283. The second-order valence-corrected chi connectivity index (χ2v) is 8.49. The number of ether oxygens (including phenoxy) is 2. The first-order valence-corrected chi connectivity index (χ1v) is 11.3. The van der Waals surface area contributed by atoms with Crippen LogP contribution >= 0.6 is 35.6 Å². The summed E-state index contributed by atoms with van der Waals surface area (Å²) in [7, 11) is 0. The largest absolute Gasteiger partial charge is 0.489 e. The second kappa shape index (κ2) is 13.6. The van der Waals surface area contributed by atoms with Gasteiger partial charge in [-0.1, -0.05) is 17.7 Å². The summed E-state index contributed by atoms with van der Waals surface area (Å²) in [6.45, 7) is 10.9. The first-order valence-electron chi connectivity index (χ1n) is 10.9. The monoisotopic (exact) mass is 550 g/mol. The number of halogens is 2. The van der Waals surface area contributed by atoms with Crippen molar-refractivity contribution < 1.29 is 9.47 Å². The molecule has 0 bridgehead atoms. The van der Waals surface area contributed by atoms with Crippen molar-refractivity contribution >= 4 is 41.5 Å². The van der Waals surface area contributed by atoms with Gasteiger partial charge in [0.05, 0.1) is 13.2 Å². The molecule has 2 heterocycles. The van der Waals surface area contributed by atoms with Gasteiger partial charge in [-0.2, -0.15) is 0 Å². The Labute approximate surface area is 203 Å². The molecule has 0 aliphatic carbocycles. The van der Waals surface area contributed by atoms with E-state index in [1.807, 2.05) is 31.2 Å². The minimum Gasteiger partial charge on any atom is -0.489 e. The molecule has 170 valence electrons. The van der Waals surface area contributed by atoms with Crippen LogP contribution in [0.15, 0.2) is 29.3 Å². The molecule has 2 saturated heterocycles. The molecule has 1 aromatic rings. The van der Waals surface area contributed by atoms with Gasteiger partial charge in [0.2, 0.25) is 0 Å². The summed E-state index contributed by atoms with van der Waals surface area (Å²) in [5.74, 6) is 2.37. The maximum Gasteiger partial charge on any atom is 0.191 e. The van der Waals surface area contributed by atoms with Crippen LogP contribution in [-0.2, 0) is 4.74 Å². The second-order valence-electron chi connectivity index (χ2n) is 8.05. The van der Waals surface area contributed by atoms with E-state index in [1.54, 1.807) is 0 Å². The Kier molecular flexibility index (Phi) is 11.6. The molecule has 0 aromatic heterocycles. The number of nitrogens with one attached hydrogen (secondary N) is 2. The smallest absolute Gasteiger partial charge is 0.191 e. The molecule has 2 fully saturated rings. The van der Waals surface area contributed by atoms with E-state index in [0.29, 0.717) is 17.6 Å². The predicted octanol–water partition coefficient (Wildman–Crippen LogP) is 3.78. The fraction of sp³-hybridized carbons (Fsp3) is 0.682. The molecule has 2 unspecified atom stereocenters. The lowest BCUT2D eigenvalue weighted by molar-refractivity contribution is 0.150. The van der Waals surface area contributed by atoms with E-state index in [9.17, 15) is 0 Å². The van der Waals surface area contributed by atoms with Crippen molar-refractivity contribution in [1.82, 2.24) is 15.5 Å². The summed E-state index contributed by atoms with van der Waals surface area (Å²) in [6, 6.07) is 7.95. The van der Waals surface area contributed by atoms with Crippen LogP contribution in [0.1, 0.15) is 33.1 Å². The summed E-state index contributed by atoms with van der Waals surface area (Å²) in [4.78, 5) is 7.32. The molecular weight excluding hydrogens is 515 g/mol. The summed E-state index contributed by atoms with van der Waals surface area (Å²) in [5.41, 5.74) is 0. The quantitative estimate of drug-likeness (QED) is 0.293. The van der Waals surface area contributed by atoms with Crippen LogP contribution in [-0.4, -0.2) is 68.9 Å². The van der Waals surface area contributed by atoms with E-state index in [2.05, 4.69) is 22.5 Å². The van der Waals surface area contributed by atoms with Gasteiger partial charge in [-0.05, 0) is 57.2 Å². The van der Waals surface area contributed by atoms with E-state index in [-0.39, 0.29) is 30.1 Å². The van der Waals surface area contributed by atoms with Crippen molar-refractivity contribution in [3.8, 4) is 5.75 Å². The summed E-state index contributed by atoms with van der Waals surface area (Å²) >= 11 is 6.03. The first-order chi connectivity index (χ1) is 14.1. The Morgan fingerprint density at radius 3 is 2.80 bits per heavy atom. The average molecular weight is 551 g/mol. The number of guanidine groups is 1. The lowest BCUT2D eigenvalue weighted by Crippen LogP contribution is -2.49. The lowest BCUT2D eigenvalue weighted by Gasteiger charge is -2.34. The minimum absolute atomic E-state index is 0. The van der Waals surface area contributed by atoms with E-state index >= 15 is 0 Å². The van der Waals surface area contributed by atoms with Crippen molar-refractivity contribution in [2.45, 2.75) is 45.3 Å². The van der Waals surface area contributed by atoms with Gasteiger partial charge in [0.25, 0.3) is 0 Å². The van der Waals surface area contributed by atoms with Crippen LogP contribution in [0.2, 0.25) is 5.02 Å². The van der Waals surface area contributed by atoms with Gasteiger partial charge < -0.3 is 25.0 Å². The van der Waals surface area contributed by atoms with E-state index < -0.39 is 0 Å². The molecule has 6 nitrogen and oxygen atoms in total. The number of nitrogens with zero attached hydrogens (tertiary/aromatic N) is 2. The average Bonchev–Trinajstić information content (AvgIpc) is 3.21. The zero-order chi connectivity index (χ0) is 20.5. The maximum absolute atomic E-state index is 6.03. The standard InChI is InChI=1S/C22H35ClN4O2.HI/c1-3-24-22(25-14-17(2)29-21-6-4-5-19(23)13-21)26-20-7-10-27(11-8-20)15-18-9-12-28-16-18;/h4-6,13,17-18,20H,3,7-12,14-16H2,1-2H3,(H2,24,25,26);1H. The molecule has 0 radical (unpaired) electrons. The van der Waals surface area contributed by atoms with Gasteiger partial charge in [-0.15, -0.1) is 24.0 Å². The van der Waals surface area contributed by atoms with Crippen molar-refractivity contribution in [3.05, 3.63) is 29.3 Å². The molecule has 0 spiro atoms. The van der Waals surface area contributed by atoms with Crippen LogP contribution < -0.4 is 15.4 Å². The van der Waals surface area contributed by atoms with Crippen LogP contribution in [0.25, 0.3) is 0 Å². The number of aliphatic imine (C=N–C) groups is 1. The van der Waals surface area contributed by atoms with Crippen molar-refractivity contribution in [2.75, 3.05) is 45.9 Å². The van der Waals surface area contributed by atoms with Crippen LogP contribution in [0.3, 0.4) is 0 Å². The van der Waals surface area contributed by atoms with Crippen LogP contribution in [0.4, 0.5) is 0 Å². The fourth-order valence-corrected chi connectivity index (χ4v) is 4.08. The van der Waals surface area contributed by atoms with E-state index in [4.69, 9.17) is 26.1 Å². The first kappa shape index (κ1) is 25.5. The highest BCUT2D eigenvalue weighted by molar-refractivity contribution is 14.0.